The van der Waals surface area contributed by atoms with Crippen molar-refractivity contribution in [2.24, 2.45) is 0 Å². The van der Waals surface area contributed by atoms with Crippen molar-refractivity contribution in [2.75, 3.05) is 11.9 Å². The fourth-order valence-corrected chi connectivity index (χ4v) is 2.04. The Hall–Kier alpha value is -1.82. The number of para-hydroxylation sites is 1. The summed E-state index contributed by atoms with van der Waals surface area (Å²) in [7, 11) is 1.74. The van der Waals surface area contributed by atoms with Crippen LogP contribution in [0, 0.1) is 11.3 Å². The van der Waals surface area contributed by atoms with Gasteiger partial charge < -0.3 is 4.90 Å². The first-order valence-corrected chi connectivity index (χ1v) is 6.96. The molecule has 0 N–H and O–H groups in total. The summed E-state index contributed by atoms with van der Waals surface area (Å²) in [6, 6.07) is 9.33. The Morgan fingerprint density at radius 3 is 2.58 bits per heavy atom. The number of hydrogen-bond acceptors (Lipinski definition) is 2. The number of anilines is 1. The molecule has 0 saturated carbocycles. The Balaban J connectivity index is 2.50. The number of nitrogens with zero attached hydrogens (tertiary/aromatic N) is 2. The number of unbranched alkanes of at least 4 members (excludes halogenated alkanes) is 4. The van der Waals surface area contributed by atoms with Gasteiger partial charge in [-0.25, -0.2) is 0 Å². The predicted molar refractivity (Wildman–Crippen MR) is 77.9 cm³/mol. The third-order valence-electron chi connectivity index (χ3n) is 3.25. The smallest absolute Gasteiger partial charge is 0.226 e. The van der Waals surface area contributed by atoms with Crippen LogP contribution >= 0.6 is 0 Å². The van der Waals surface area contributed by atoms with Crippen LogP contribution in [0.15, 0.2) is 24.3 Å². The Morgan fingerprint density at radius 2 is 1.89 bits per heavy atom. The van der Waals surface area contributed by atoms with E-state index < -0.39 is 0 Å². The Bertz CT molecular complexity index is 448. The largest absolute Gasteiger partial charge is 0.314 e. The van der Waals surface area contributed by atoms with Gasteiger partial charge in [0.15, 0.2) is 0 Å². The van der Waals surface area contributed by atoms with Crippen molar-refractivity contribution in [1.29, 1.82) is 5.26 Å². The summed E-state index contributed by atoms with van der Waals surface area (Å²) in [4.78, 5) is 13.7. The van der Waals surface area contributed by atoms with Crippen molar-refractivity contribution in [1.82, 2.24) is 0 Å². The SMILES string of the molecule is CCCCCCCC(=O)N(C)c1ccccc1C#N. The zero-order valence-electron chi connectivity index (χ0n) is 11.9. The van der Waals surface area contributed by atoms with E-state index in [9.17, 15) is 4.79 Å². The summed E-state index contributed by atoms with van der Waals surface area (Å²) in [6.07, 6.45) is 6.23. The van der Waals surface area contributed by atoms with E-state index in [1.54, 1.807) is 18.0 Å². The van der Waals surface area contributed by atoms with Crippen LogP contribution in [-0.4, -0.2) is 13.0 Å². The fraction of sp³-hybridized carbons (Fsp3) is 0.500. The molecule has 3 heteroatoms. The molecule has 0 fully saturated rings. The highest BCUT2D eigenvalue weighted by Crippen LogP contribution is 2.19. The molecule has 1 aromatic carbocycles. The average Bonchev–Trinajstić information content (AvgIpc) is 2.46. The molecular formula is C16H22N2O. The standard InChI is InChI=1S/C16H22N2O/c1-3-4-5-6-7-12-16(19)18(2)15-11-9-8-10-14(15)13-17/h8-11H,3-7,12H2,1-2H3. The molecule has 0 spiro atoms. The van der Waals surface area contributed by atoms with Gasteiger partial charge in [0.2, 0.25) is 5.91 Å². The zero-order chi connectivity index (χ0) is 14.1. The number of carbonyl (C=O) groups is 1. The van der Waals surface area contributed by atoms with Gasteiger partial charge in [-0.3, -0.25) is 4.79 Å². The molecule has 0 radical (unpaired) electrons. The van der Waals surface area contributed by atoms with Crippen molar-refractivity contribution in [2.45, 2.75) is 45.4 Å². The maximum absolute atomic E-state index is 12.1. The summed E-state index contributed by atoms with van der Waals surface area (Å²) >= 11 is 0. The van der Waals surface area contributed by atoms with Crippen LogP contribution in [0.4, 0.5) is 5.69 Å². The highest BCUT2D eigenvalue weighted by Gasteiger charge is 2.13. The predicted octanol–water partition coefficient (Wildman–Crippen LogP) is 3.88. The van der Waals surface area contributed by atoms with Gasteiger partial charge in [-0.1, -0.05) is 44.7 Å². The van der Waals surface area contributed by atoms with E-state index in [1.165, 1.54) is 19.3 Å². The lowest BCUT2D eigenvalue weighted by Gasteiger charge is -2.18. The van der Waals surface area contributed by atoms with Gasteiger partial charge >= 0.3 is 0 Å². The summed E-state index contributed by atoms with van der Waals surface area (Å²) in [5.41, 5.74) is 1.24. The van der Waals surface area contributed by atoms with Crippen molar-refractivity contribution in [3.63, 3.8) is 0 Å². The van der Waals surface area contributed by atoms with Crippen LogP contribution in [0.1, 0.15) is 51.0 Å². The first kappa shape index (κ1) is 15.2. The van der Waals surface area contributed by atoms with E-state index in [-0.39, 0.29) is 5.91 Å². The molecule has 0 aliphatic carbocycles. The van der Waals surface area contributed by atoms with E-state index in [0.717, 1.165) is 12.8 Å². The van der Waals surface area contributed by atoms with E-state index >= 15 is 0 Å². The van der Waals surface area contributed by atoms with E-state index in [0.29, 0.717) is 17.7 Å². The summed E-state index contributed by atoms with van der Waals surface area (Å²) < 4.78 is 0. The first-order chi connectivity index (χ1) is 9.20. The second-order valence-corrected chi connectivity index (χ2v) is 4.75. The molecule has 0 unspecified atom stereocenters. The van der Waals surface area contributed by atoms with Gasteiger partial charge in [0.25, 0.3) is 0 Å². The molecule has 0 saturated heterocycles. The van der Waals surface area contributed by atoms with Gasteiger partial charge in [0, 0.05) is 13.5 Å². The molecule has 1 aromatic rings. The molecular weight excluding hydrogens is 236 g/mol. The minimum absolute atomic E-state index is 0.0826. The molecule has 0 atom stereocenters. The van der Waals surface area contributed by atoms with Crippen molar-refractivity contribution in [3.8, 4) is 6.07 Å². The summed E-state index contributed by atoms with van der Waals surface area (Å²) in [6.45, 7) is 2.18. The van der Waals surface area contributed by atoms with Crippen LogP contribution in [0.5, 0.6) is 0 Å². The molecule has 19 heavy (non-hydrogen) atoms. The van der Waals surface area contributed by atoms with E-state index in [4.69, 9.17) is 5.26 Å². The third-order valence-corrected chi connectivity index (χ3v) is 3.25. The second-order valence-electron chi connectivity index (χ2n) is 4.75. The average molecular weight is 258 g/mol. The lowest BCUT2D eigenvalue weighted by atomic mass is 10.1. The van der Waals surface area contributed by atoms with Gasteiger partial charge in [0.05, 0.1) is 11.3 Å². The number of rotatable bonds is 7. The van der Waals surface area contributed by atoms with Crippen molar-refractivity contribution < 1.29 is 4.79 Å². The van der Waals surface area contributed by atoms with Crippen LogP contribution in [0.3, 0.4) is 0 Å². The number of hydrogen-bond donors (Lipinski definition) is 0. The summed E-state index contributed by atoms with van der Waals surface area (Å²) in [5.74, 6) is 0.0826. The molecule has 1 rings (SSSR count). The van der Waals surface area contributed by atoms with Gasteiger partial charge in [-0.2, -0.15) is 5.26 Å². The van der Waals surface area contributed by atoms with Gasteiger partial charge in [0.1, 0.15) is 6.07 Å². The van der Waals surface area contributed by atoms with E-state index in [1.807, 2.05) is 18.2 Å². The second kappa shape index (κ2) is 8.31. The normalized spacial score (nSPS) is 9.95. The molecule has 0 heterocycles. The maximum atomic E-state index is 12.1. The molecule has 0 aliphatic rings. The molecule has 3 nitrogen and oxygen atoms in total. The molecule has 0 bridgehead atoms. The van der Waals surface area contributed by atoms with Gasteiger partial charge in [-0.05, 0) is 18.6 Å². The fourth-order valence-electron chi connectivity index (χ4n) is 2.04. The zero-order valence-corrected chi connectivity index (χ0v) is 11.9. The highest BCUT2D eigenvalue weighted by atomic mass is 16.2. The molecule has 102 valence electrons. The highest BCUT2D eigenvalue weighted by molar-refractivity contribution is 5.94. The van der Waals surface area contributed by atoms with Crippen molar-refractivity contribution in [3.05, 3.63) is 29.8 Å². The van der Waals surface area contributed by atoms with Gasteiger partial charge in [-0.15, -0.1) is 0 Å². The monoisotopic (exact) mass is 258 g/mol. The minimum atomic E-state index is 0.0826. The van der Waals surface area contributed by atoms with Crippen LogP contribution in [-0.2, 0) is 4.79 Å². The van der Waals surface area contributed by atoms with Crippen LogP contribution < -0.4 is 4.90 Å². The lowest BCUT2D eigenvalue weighted by molar-refractivity contribution is -0.118. The number of amides is 1. The minimum Gasteiger partial charge on any atom is -0.314 e. The van der Waals surface area contributed by atoms with E-state index in [2.05, 4.69) is 13.0 Å². The molecule has 0 aliphatic heterocycles. The Labute approximate surface area is 115 Å². The Morgan fingerprint density at radius 1 is 1.21 bits per heavy atom. The molecule has 1 amide bonds. The van der Waals surface area contributed by atoms with Crippen LogP contribution in [0.2, 0.25) is 0 Å². The van der Waals surface area contributed by atoms with Crippen molar-refractivity contribution >= 4 is 11.6 Å². The Kier molecular flexibility index (Phi) is 6.67. The summed E-state index contributed by atoms with van der Waals surface area (Å²) in [5, 5.41) is 9.03. The topological polar surface area (TPSA) is 44.1 Å². The quantitative estimate of drug-likeness (QED) is 0.696. The first-order valence-electron chi connectivity index (χ1n) is 6.96. The third kappa shape index (κ3) is 4.75. The number of benzene rings is 1. The number of carbonyl (C=O) groups excluding carboxylic acids is 1. The maximum Gasteiger partial charge on any atom is 0.226 e. The van der Waals surface area contributed by atoms with Crippen LogP contribution in [0.25, 0.3) is 0 Å². The molecule has 0 aromatic heterocycles. The lowest BCUT2D eigenvalue weighted by Crippen LogP contribution is -2.26. The number of nitriles is 1.